The molecule has 62 valence electrons. The molecule has 0 radical (unpaired) electrons. The fourth-order valence-corrected chi connectivity index (χ4v) is 1.40. The molecule has 0 aliphatic heterocycles. The highest BCUT2D eigenvalue weighted by atomic mass is 79.9. The van der Waals surface area contributed by atoms with Gasteiger partial charge in [-0.2, -0.15) is 0 Å². The van der Waals surface area contributed by atoms with Crippen LogP contribution in [0.25, 0.3) is 0 Å². The summed E-state index contributed by atoms with van der Waals surface area (Å²) in [5.41, 5.74) is -0.439. The third-order valence-electron chi connectivity index (χ3n) is 1.68. The molecule has 0 spiro atoms. The van der Waals surface area contributed by atoms with Crippen LogP contribution >= 0.6 is 15.9 Å². The summed E-state index contributed by atoms with van der Waals surface area (Å²) in [5.74, 6) is 2.35. The Labute approximate surface area is 80.6 Å². The van der Waals surface area contributed by atoms with Crippen molar-refractivity contribution in [2.75, 3.05) is 5.33 Å². The highest BCUT2D eigenvalue weighted by Crippen LogP contribution is 2.21. The molecule has 1 aromatic carbocycles. The minimum Gasteiger partial charge on any atom is -0.372 e. The molecule has 1 unspecified atom stereocenters. The van der Waals surface area contributed by atoms with Gasteiger partial charge in [0.15, 0.2) is 5.60 Å². The molecule has 12 heavy (non-hydrogen) atoms. The zero-order valence-electron chi connectivity index (χ0n) is 6.50. The zero-order valence-corrected chi connectivity index (χ0v) is 8.08. The molecule has 2 heteroatoms. The van der Waals surface area contributed by atoms with Crippen LogP contribution in [0.4, 0.5) is 0 Å². The lowest BCUT2D eigenvalue weighted by molar-refractivity contribution is 0.129. The Morgan fingerprint density at radius 1 is 1.42 bits per heavy atom. The quantitative estimate of drug-likeness (QED) is 0.602. The van der Waals surface area contributed by atoms with E-state index in [1.807, 2.05) is 18.2 Å². The monoisotopic (exact) mass is 224 g/mol. The van der Waals surface area contributed by atoms with Crippen molar-refractivity contribution in [1.82, 2.24) is 0 Å². The van der Waals surface area contributed by atoms with Crippen LogP contribution in [-0.4, -0.2) is 10.4 Å². The molecule has 0 bridgehead atoms. The minimum absolute atomic E-state index is 0.348. The number of benzene rings is 1. The second-order valence-corrected chi connectivity index (χ2v) is 3.07. The van der Waals surface area contributed by atoms with Crippen molar-refractivity contribution < 1.29 is 5.11 Å². The van der Waals surface area contributed by atoms with Crippen LogP contribution < -0.4 is 0 Å². The summed E-state index contributed by atoms with van der Waals surface area (Å²) < 4.78 is 0. The molecule has 0 heterocycles. The Kier molecular flexibility index (Phi) is 2.91. The highest BCUT2D eigenvalue weighted by Gasteiger charge is 2.24. The molecular weight excluding hydrogens is 216 g/mol. The summed E-state index contributed by atoms with van der Waals surface area (Å²) in [4.78, 5) is 0. The molecule has 0 aromatic heterocycles. The smallest absolute Gasteiger partial charge is 0.160 e. The predicted molar refractivity (Wildman–Crippen MR) is 53.0 cm³/mol. The second-order valence-electron chi connectivity index (χ2n) is 2.50. The van der Waals surface area contributed by atoms with Crippen molar-refractivity contribution in [2.45, 2.75) is 5.60 Å². The number of hydrogen-bond donors (Lipinski definition) is 1. The maximum absolute atomic E-state index is 9.82. The number of rotatable bonds is 2. The van der Waals surface area contributed by atoms with Gasteiger partial charge in [0, 0.05) is 5.33 Å². The van der Waals surface area contributed by atoms with Gasteiger partial charge >= 0.3 is 0 Å². The van der Waals surface area contributed by atoms with Gasteiger partial charge in [-0.05, 0) is 5.56 Å². The SMILES string of the molecule is C#CC(O)(CBr)c1ccccc1. The van der Waals surface area contributed by atoms with Gasteiger partial charge in [-0.25, -0.2) is 0 Å². The van der Waals surface area contributed by atoms with Gasteiger partial charge in [0.05, 0.1) is 0 Å². The Hall–Kier alpha value is -0.780. The summed E-state index contributed by atoms with van der Waals surface area (Å²) in [7, 11) is 0. The van der Waals surface area contributed by atoms with Gasteiger partial charge in [0.25, 0.3) is 0 Å². The van der Waals surface area contributed by atoms with Crippen LogP contribution in [0, 0.1) is 12.3 Å². The Morgan fingerprint density at radius 3 is 2.42 bits per heavy atom. The molecule has 0 aliphatic carbocycles. The standard InChI is InChI=1S/C10H9BrO/c1-2-10(12,8-11)9-6-4-3-5-7-9/h1,3-7,12H,8H2. The Bertz CT molecular complexity index is 288. The lowest BCUT2D eigenvalue weighted by Crippen LogP contribution is -2.24. The first kappa shape index (κ1) is 9.31. The third kappa shape index (κ3) is 1.69. The van der Waals surface area contributed by atoms with Gasteiger partial charge < -0.3 is 5.11 Å². The van der Waals surface area contributed by atoms with E-state index in [4.69, 9.17) is 6.42 Å². The molecule has 1 nitrogen and oxygen atoms in total. The number of terminal acetylenes is 1. The zero-order chi connectivity index (χ0) is 9.03. The fraction of sp³-hybridized carbons (Fsp3) is 0.200. The molecule has 0 saturated carbocycles. The van der Waals surface area contributed by atoms with Gasteiger partial charge in [-0.15, -0.1) is 6.42 Å². The van der Waals surface area contributed by atoms with E-state index in [9.17, 15) is 5.11 Å². The molecule has 1 N–H and O–H groups in total. The molecule has 1 rings (SSSR count). The molecule has 0 fully saturated rings. The van der Waals surface area contributed by atoms with E-state index in [0.29, 0.717) is 5.33 Å². The first-order valence-electron chi connectivity index (χ1n) is 3.54. The summed E-state index contributed by atoms with van der Waals surface area (Å²) >= 11 is 3.18. The lowest BCUT2D eigenvalue weighted by Gasteiger charge is -2.19. The first-order valence-corrected chi connectivity index (χ1v) is 4.67. The van der Waals surface area contributed by atoms with Crippen molar-refractivity contribution in [1.29, 1.82) is 0 Å². The van der Waals surface area contributed by atoms with Crippen LogP contribution in [0.3, 0.4) is 0 Å². The molecule has 1 aromatic rings. The van der Waals surface area contributed by atoms with Crippen LogP contribution in [0.2, 0.25) is 0 Å². The van der Waals surface area contributed by atoms with E-state index in [-0.39, 0.29) is 0 Å². The van der Waals surface area contributed by atoms with Gasteiger partial charge in [0.1, 0.15) is 0 Å². The van der Waals surface area contributed by atoms with Crippen LogP contribution in [0.1, 0.15) is 5.56 Å². The summed E-state index contributed by atoms with van der Waals surface area (Å²) in [6.45, 7) is 0. The Balaban J connectivity index is 3.06. The molecule has 0 aliphatic rings. The lowest BCUT2D eigenvalue weighted by atomic mass is 9.97. The summed E-state index contributed by atoms with van der Waals surface area (Å²) in [6.07, 6.45) is 5.22. The van der Waals surface area contributed by atoms with E-state index in [2.05, 4.69) is 21.9 Å². The summed E-state index contributed by atoms with van der Waals surface area (Å²) in [5, 5.41) is 10.2. The van der Waals surface area contributed by atoms with Crippen LogP contribution in [0.5, 0.6) is 0 Å². The first-order chi connectivity index (χ1) is 5.73. The van der Waals surface area contributed by atoms with E-state index < -0.39 is 5.60 Å². The number of halogens is 1. The third-order valence-corrected chi connectivity index (χ3v) is 2.50. The van der Waals surface area contributed by atoms with E-state index in [1.165, 1.54) is 0 Å². The van der Waals surface area contributed by atoms with Crippen molar-refractivity contribution in [3.63, 3.8) is 0 Å². The van der Waals surface area contributed by atoms with Crippen molar-refractivity contribution >= 4 is 15.9 Å². The summed E-state index contributed by atoms with van der Waals surface area (Å²) in [6, 6.07) is 9.19. The largest absolute Gasteiger partial charge is 0.372 e. The minimum atomic E-state index is -1.18. The van der Waals surface area contributed by atoms with E-state index in [1.54, 1.807) is 12.1 Å². The predicted octanol–water partition coefficient (Wildman–Crippen LogP) is 1.90. The molecule has 0 saturated heterocycles. The highest BCUT2D eigenvalue weighted by molar-refractivity contribution is 9.09. The average Bonchev–Trinajstić information content (AvgIpc) is 2.18. The van der Waals surface area contributed by atoms with Gasteiger partial charge in [0.2, 0.25) is 0 Å². The average molecular weight is 225 g/mol. The number of alkyl halides is 1. The Morgan fingerprint density at radius 2 is 2.00 bits per heavy atom. The van der Waals surface area contributed by atoms with Crippen molar-refractivity contribution in [3.05, 3.63) is 35.9 Å². The van der Waals surface area contributed by atoms with Crippen LogP contribution in [-0.2, 0) is 5.60 Å². The maximum atomic E-state index is 9.82. The fourth-order valence-electron chi connectivity index (χ4n) is 0.913. The van der Waals surface area contributed by atoms with Gasteiger partial charge in [-0.1, -0.05) is 52.2 Å². The van der Waals surface area contributed by atoms with Crippen LogP contribution in [0.15, 0.2) is 30.3 Å². The second kappa shape index (κ2) is 3.75. The van der Waals surface area contributed by atoms with Crippen molar-refractivity contribution in [3.8, 4) is 12.3 Å². The number of aliphatic hydroxyl groups is 1. The van der Waals surface area contributed by atoms with Gasteiger partial charge in [-0.3, -0.25) is 0 Å². The normalized spacial score (nSPS) is 14.8. The molecule has 0 amide bonds. The van der Waals surface area contributed by atoms with E-state index >= 15 is 0 Å². The molecular formula is C10H9BrO. The van der Waals surface area contributed by atoms with E-state index in [0.717, 1.165) is 5.56 Å². The van der Waals surface area contributed by atoms with Crippen molar-refractivity contribution in [2.24, 2.45) is 0 Å². The topological polar surface area (TPSA) is 20.2 Å². The number of hydrogen-bond acceptors (Lipinski definition) is 1. The maximum Gasteiger partial charge on any atom is 0.160 e. The molecule has 1 atom stereocenters.